The molecule has 1 heterocycles. The van der Waals surface area contributed by atoms with Gasteiger partial charge >= 0.3 is 0 Å². The number of hydrogen-bond acceptors (Lipinski definition) is 4. The molecule has 210 valence electrons. The summed E-state index contributed by atoms with van der Waals surface area (Å²) in [6.07, 6.45) is 12.1. The summed E-state index contributed by atoms with van der Waals surface area (Å²) in [7, 11) is -3.84. The van der Waals surface area contributed by atoms with E-state index in [1.807, 2.05) is 0 Å². The number of rotatable bonds is 11. The summed E-state index contributed by atoms with van der Waals surface area (Å²) in [4.78, 5) is 0. The molecule has 3 unspecified atom stereocenters. The number of aliphatic hydroxyl groups is 1. The lowest BCUT2D eigenvalue weighted by Crippen LogP contribution is -2.48. The Kier molecular flexibility index (Phi) is 8.66. The first-order valence-corrected chi connectivity index (χ1v) is 20.5. The standard InChI is InChI=1S/C30H58O4Si2/c1-13-14-15-17-29(8,34-36(11,12)28(5,6)7)18-16-22-24-20-30(21-31)26(32-30)23(24)19-25(22)33-35(9,10)27(2,3)4/h16,18,22-26,31H,13-15,17,19-21H2,1-12H3/t22-,23-,24+,25+,26?,29?,30?/m0/s1. The molecule has 4 nitrogen and oxygen atoms in total. The summed E-state index contributed by atoms with van der Waals surface area (Å²) in [5.41, 5.74) is -0.532. The van der Waals surface area contributed by atoms with E-state index in [9.17, 15) is 5.11 Å². The van der Waals surface area contributed by atoms with Gasteiger partial charge in [0.2, 0.25) is 0 Å². The summed E-state index contributed by atoms with van der Waals surface area (Å²) < 4.78 is 20.3. The third kappa shape index (κ3) is 6.09. The fraction of sp³-hybridized carbons (Fsp3) is 0.933. The molecule has 0 aromatic rings. The summed E-state index contributed by atoms with van der Waals surface area (Å²) >= 11 is 0. The Hall–Kier alpha value is 0.0138. The van der Waals surface area contributed by atoms with Gasteiger partial charge in [-0.25, -0.2) is 0 Å². The summed E-state index contributed by atoms with van der Waals surface area (Å²) in [5.74, 6) is 1.38. The highest BCUT2D eigenvalue weighted by atomic mass is 28.4. The molecule has 3 rings (SSSR count). The van der Waals surface area contributed by atoms with Crippen LogP contribution in [0.5, 0.6) is 0 Å². The number of fused-ring (bicyclic) bond motifs is 3. The van der Waals surface area contributed by atoms with Crippen LogP contribution in [-0.2, 0) is 13.6 Å². The van der Waals surface area contributed by atoms with Crippen molar-refractivity contribution in [1.29, 1.82) is 0 Å². The zero-order valence-corrected chi connectivity index (χ0v) is 27.7. The Morgan fingerprint density at radius 2 is 1.56 bits per heavy atom. The zero-order valence-electron chi connectivity index (χ0n) is 25.7. The van der Waals surface area contributed by atoms with Crippen LogP contribution in [0.25, 0.3) is 0 Å². The smallest absolute Gasteiger partial charge is 0.193 e. The monoisotopic (exact) mass is 538 g/mol. The molecule has 0 radical (unpaired) electrons. The molecule has 0 spiro atoms. The second-order valence-corrected chi connectivity index (χ2v) is 25.0. The molecule has 36 heavy (non-hydrogen) atoms. The minimum Gasteiger partial charge on any atom is -0.413 e. The Balaban J connectivity index is 1.89. The van der Waals surface area contributed by atoms with Crippen LogP contribution in [0.2, 0.25) is 36.3 Å². The van der Waals surface area contributed by atoms with Crippen molar-refractivity contribution in [2.24, 2.45) is 17.8 Å². The largest absolute Gasteiger partial charge is 0.413 e. The Morgan fingerprint density at radius 3 is 2.08 bits per heavy atom. The van der Waals surface area contributed by atoms with Crippen molar-refractivity contribution < 1.29 is 18.7 Å². The third-order valence-electron chi connectivity index (χ3n) is 10.5. The van der Waals surface area contributed by atoms with Crippen molar-refractivity contribution in [3.63, 3.8) is 0 Å². The highest BCUT2D eigenvalue weighted by molar-refractivity contribution is 6.74. The van der Waals surface area contributed by atoms with E-state index >= 15 is 0 Å². The average molecular weight is 539 g/mol. The van der Waals surface area contributed by atoms with Crippen LogP contribution < -0.4 is 0 Å². The van der Waals surface area contributed by atoms with Gasteiger partial charge in [0.05, 0.1) is 24.4 Å². The molecule has 0 amide bonds. The minimum atomic E-state index is -1.93. The second-order valence-electron chi connectivity index (χ2n) is 15.5. The molecule has 2 saturated carbocycles. The maximum atomic E-state index is 10.1. The number of hydrogen-bond donors (Lipinski definition) is 1. The highest BCUT2D eigenvalue weighted by Gasteiger charge is 2.71. The van der Waals surface area contributed by atoms with Crippen molar-refractivity contribution in [2.75, 3.05) is 6.61 Å². The maximum Gasteiger partial charge on any atom is 0.193 e. The zero-order chi connectivity index (χ0) is 27.4. The van der Waals surface area contributed by atoms with Crippen LogP contribution in [-0.4, -0.2) is 51.8 Å². The first kappa shape index (κ1) is 30.6. The number of epoxide rings is 1. The van der Waals surface area contributed by atoms with Gasteiger partial charge < -0.3 is 18.7 Å². The summed E-state index contributed by atoms with van der Waals surface area (Å²) in [6, 6.07) is 0. The SMILES string of the molecule is CCCCCC(C)(C=C[C@H]1[C@H]2CC3(CO)OC3[C@H]2C[C@H]1O[Si](C)(C)C(C)(C)C)O[Si](C)(C)C(C)(C)C. The van der Waals surface area contributed by atoms with E-state index in [0.29, 0.717) is 17.8 Å². The van der Waals surface area contributed by atoms with Crippen LogP contribution in [0.1, 0.15) is 93.9 Å². The van der Waals surface area contributed by atoms with Gasteiger partial charge in [0.25, 0.3) is 0 Å². The topological polar surface area (TPSA) is 51.2 Å². The lowest BCUT2D eigenvalue weighted by molar-refractivity contribution is 0.101. The third-order valence-corrected chi connectivity index (χ3v) is 19.6. The van der Waals surface area contributed by atoms with E-state index in [-0.39, 0.29) is 40.1 Å². The molecule has 2 aliphatic carbocycles. The van der Waals surface area contributed by atoms with Gasteiger partial charge in [0.15, 0.2) is 16.6 Å². The second kappa shape index (κ2) is 10.2. The highest BCUT2D eigenvalue weighted by Crippen LogP contribution is 2.63. The fourth-order valence-corrected chi connectivity index (χ4v) is 9.15. The quantitative estimate of drug-likeness (QED) is 0.125. The van der Waals surface area contributed by atoms with Gasteiger partial charge in [-0.3, -0.25) is 0 Å². The van der Waals surface area contributed by atoms with E-state index in [4.69, 9.17) is 13.6 Å². The van der Waals surface area contributed by atoms with Crippen molar-refractivity contribution in [3.8, 4) is 0 Å². The van der Waals surface area contributed by atoms with Gasteiger partial charge in [0, 0.05) is 5.92 Å². The van der Waals surface area contributed by atoms with Crippen LogP contribution in [0.15, 0.2) is 12.2 Å². The van der Waals surface area contributed by atoms with Crippen LogP contribution in [0, 0.1) is 17.8 Å². The van der Waals surface area contributed by atoms with Gasteiger partial charge in [0.1, 0.15) is 5.60 Å². The molecule has 0 aromatic heterocycles. The van der Waals surface area contributed by atoms with Crippen molar-refractivity contribution in [3.05, 3.63) is 12.2 Å². The number of unbranched alkanes of at least 4 members (excludes halogenated alkanes) is 2. The van der Waals surface area contributed by atoms with E-state index in [1.165, 1.54) is 19.3 Å². The Bertz CT molecular complexity index is 796. The molecule has 1 aliphatic heterocycles. The molecular formula is C30H58O4Si2. The first-order valence-electron chi connectivity index (χ1n) is 14.7. The van der Waals surface area contributed by atoms with E-state index in [1.54, 1.807) is 0 Å². The average Bonchev–Trinajstić information content (AvgIpc) is 3.21. The van der Waals surface area contributed by atoms with Gasteiger partial charge in [-0.05, 0) is 74.3 Å². The normalized spacial score (nSPS) is 34.6. The Morgan fingerprint density at radius 1 is 0.944 bits per heavy atom. The van der Waals surface area contributed by atoms with Crippen LogP contribution in [0.4, 0.5) is 0 Å². The van der Waals surface area contributed by atoms with Crippen molar-refractivity contribution in [1.82, 2.24) is 0 Å². The van der Waals surface area contributed by atoms with E-state index in [2.05, 4.69) is 93.7 Å². The Labute approximate surface area is 225 Å². The molecule has 0 aromatic carbocycles. The molecule has 1 saturated heterocycles. The predicted octanol–water partition coefficient (Wildman–Crippen LogP) is 8.08. The van der Waals surface area contributed by atoms with Crippen molar-refractivity contribution in [2.45, 2.75) is 154 Å². The molecule has 0 bridgehead atoms. The molecule has 7 atom stereocenters. The fourth-order valence-electron chi connectivity index (χ4n) is 6.14. The van der Waals surface area contributed by atoms with Gasteiger partial charge in [-0.1, -0.05) is 79.9 Å². The lowest BCUT2D eigenvalue weighted by atomic mass is 9.87. The van der Waals surface area contributed by atoms with E-state index in [0.717, 1.165) is 19.3 Å². The first-order chi connectivity index (χ1) is 16.3. The van der Waals surface area contributed by atoms with Gasteiger partial charge in [-0.2, -0.15) is 0 Å². The molecule has 3 fully saturated rings. The minimum absolute atomic E-state index is 0.151. The molecule has 6 heteroatoms. The van der Waals surface area contributed by atoms with E-state index < -0.39 is 16.6 Å². The van der Waals surface area contributed by atoms with Crippen LogP contribution >= 0.6 is 0 Å². The predicted molar refractivity (Wildman–Crippen MR) is 156 cm³/mol. The molecule has 1 N–H and O–H groups in total. The lowest BCUT2D eigenvalue weighted by Gasteiger charge is -2.44. The van der Waals surface area contributed by atoms with Crippen molar-refractivity contribution >= 4 is 16.6 Å². The molecule has 3 aliphatic rings. The number of aliphatic hydroxyl groups excluding tert-OH is 1. The van der Waals surface area contributed by atoms with Crippen LogP contribution in [0.3, 0.4) is 0 Å². The number of ether oxygens (including phenoxy) is 1. The van der Waals surface area contributed by atoms with Gasteiger partial charge in [-0.15, -0.1) is 0 Å². The maximum absolute atomic E-state index is 10.1. The summed E-state index contributed by atoms with van der Waals surface area (Å²) in [5, 5.41) is 10.4. The molecular weight excluding hydrogens is 480 g/mol. The summed E-state index contributed by atoms with van der Waals surface area (Å²) in [6.45, 7) is 28.2.